The monoisotopic (exact) mass is 337 g/mol. The lowest BCUT2D eigenvalue weighted by Crippen LogP contribution is -2.32. The fourth-order valence-electron chi connectivity index (χ4n) is 2.18. The number of benzene rings is 2. The van der Waals surface area contributed by atoms with Crippen molar-refractivity contribution in [2.75, 3.05) is 18.0 Å². The van der Waals surface area contributed by atoms with Crippen LogP contribution in [0.4, 0.5) is 10.1 Å². The summed E-state index contributed by atoms with van der Waals surface area (Å²) in [7, 11) is -2.70. The number of carbonyl (C=O) groups is 1. The third-order valence-electron chi connectivity index (χ3n) is 3.27. The average Bonchev–Trinajstić information content (AvgIpc) is 2.55. The van der Waals surface area contributed by atoms with Crippen LogP contribution in [0.1, 0.15) is 17.3 Å². The van der Waals surface area contributed by atoms with Crippen molar-refractivity contribution >= 4 is 21.7 Å². The van der Waals surface area contributed by atoms with E-state index in [-0.39, 0.29) is 22.7 Å². The molecule has 0 spiro atoms. The second kappa shape index (κ2) is 6.78. The van der Waals surface area contributed by atoms with E-state index >= 15 is 0 Å². The fraction of sp³-hybridized carbons (Fsp3) is 0.188. The molecule has 0 radical (unpaired) electrons. The van der Waals surface area contributed by atoms with Gasteiger partial charge in [0.05, 0.1) is 23.3 Å². The zero-order valence-electron chi connectivity index (χ0n) is 12.7. The smallest absolute Gasteiger partial charge is 0.340 e. The van der Waals surface area contributed by atoms with Crippen molar-refractivity contribution in [3.8, 4) is 0 Å². The highest BCUT2D eigenvalue weighted by atomic mass is 32.2. The summed E-state index contributed by atoms with van der Waals surface area (Å²) in [4.78, 5) is 11.8. The van der Waals surface area contributed by atoms with E-state index in [0.29, 0.717) is 0 Å². The van der Waals surface area contributed by atoms with Gasteiger partial charge in [-0.05, 0) is 43.3 Å². The topological polar surface area (TPSA) is 63.7 Å². The molecular weight excluding hydrogens is 321 g/mol. The van der Waals surface area contributed by atoms with E-state index in [1.165, 1.54) is 31.4 Å². The fourth-order valence-corrected chi connectivity index (χ4v) is 3.67. The Bertz CT molecular complexity index is 803. The molecule has 0 aliphatic heterocycles. The van der Waals surface area contributed by atoms with E-state index < -0.39 is 21.8 Å². The molecule has 0 aromatic heterocycles. The highest BCUT2D eigenvalue weighted by Gasteiger charge is 2.27. The van der Waals surface area contributed by atoms with Crippen molar-refractivity contribution in [3.63, 3.8) is 0 Å². The maximum atomic E-state index is 13.0. The van der Waals surface area contributed by atoms with Crippen molar-refractivity contribution < 1.29 is 22.3 Å². The second-order valence-electron chi connectivity index (χ2n) is 4.63. The van der Waals surface area contributed by atoms with Crippen molar-refractivity contribution in [2.24, 2.45) is 0 Å². The van der Waals surface area contributed by atoms with Crippen LogP contribution in [0.25, 0.3) is 0 Å². The van der Waals surface area contributed by atoms with Gasteiger partial charge < -0.3 is 4.74 Å². The lowest BCUT2D eigenvalue weighted by atomic mass is 10.2. The van der Waals surface area contributed by atoms with Crippen LogP contribution in [-0.4, -0.2) is 28.0 Å². The van der Waals surface area contributed by atoms with Gasteiger partial charge in [0.1, 0.15) is 5.82 Å². The van der Waals surface area contributed by atoms with Crippen LogP contribution in [-0.2, 0) is 14.8 Å². The molecular formula is C16H16FNO4S. The standard InChI is InChI=1S/C16H16FNO4S/c1-3-18(15-7-5-4-6-14(15)16(19)22-2)23(20,21)13-10-8-12(17)9-11-13/h4-11H,3H2,1-2H3. The minimum Gasteiger partial charge on any atom is -0.465 e. The predicted molar refractivity (Wildman–Crippen MR) is 84.4 cm³/mol. The number of hydrogen-bond acceptors (Lipinski definition) is 4. The number of ether oxygens (including phenoxy) is 1. The van der Waals surface area contributed by atoms with Crippen molar-refractivity contribution in [2.45, 2.75) is 11.8 Å². The molecule has 0 amide bonds. The normalized spacial score (nSPS) is 11.1. The Morgan fingerprint density at radius 3 is 2.30 bits per heavy atom. The summed E-state index contributed by atoms with van der Waals surface area (Å²) in [6, 6.07) is 10.8. The molecule has 122 valence electrons. The number of methoxy groups -OCH3 is 1. The first-order chi connectivity index (χ1) is 10.9. The Hall–Kier alpha value is -2.41. The lowest BCUT2D eigenvalue weighted by Gasteiger charge is -2.24. The Balaban J connectivity index is 2.56. The summed E-state index contributed by atoms with van der Waals surface area (Å²) in [5, 5.41) is 0. The molecule has 0 unspecified atom stereocenters. The zero-order valence-corrected chi connectivity index (χ0v) is 13.5. The van der Waals surface area contributed by atoms with Gasteiger partial charge in [-0.15, -0.1) is 0 Å². The second-order valence-corrected chi connectivity index (χ2v) is 6.49. The number of rotatable bonds is 5. The summed E-state index contributed by atoms with van der Waals surface area (Å²) in [6.45, 7) is 1.75. The number of nitrogens with zero attached hydrogens (tertiary/aromatic N) is 1. The Morgan fingerprint density at radius 1 is 1.13 bits per heavy atom. The summed E-state index contributed by atoms with van der Waals surface area (Å²) in [6.07, 6.45) is 0. The van der Waals surface area contributed by atoms with Gasteiger partial charge in [0.2, 0.25) is 0 Å². The molecule has 2 aromatic rings. The first-order valence-corrected chi connectivity index (χ1v) is 8.31. The molecule has 2 aromatic carbocycles. The number of halogens is 1. The molecule has 5 nitrogen and oxygen atoms in total. The van der Waals surface area contributed by atoms with Gasteiger partial charge in [-0.3, -0.25) is 4.31 Å². The number of anilines is 1. The summed E-state index contributed by atoms with van der Waals surface area (Å²) in [5.74, 6) is -1.16. The lowest BCUT2D eigenvalue weighted by molar-refractivity contribution is 0.0601. The zero-order chi connectivity index (χ0) is 17.0. The first-order valence-electron chi connectivity index (χ1n) is 6.87. The van der Waals surface area contributed by atoms with Crippen LogP contribution >= 0.6 is 0 Å². The van der Waals surface area contributed by atoms with Crippen LogP contribution in [0.2, 0.25) is 0 Å². The molecule has 0 saturated carbocycles. The third-order valence-corrected chi connectivity index (χ3v) is 5.17. The minimum atomic E-state index is -3.93. The average molecular weight is 337 g/mol. The molecule has 0 atom stereocenters. The quantitative estimate of drug-likeness (QED) is 0.787. The van der Waals surface area contributed by atoms with Crippen LogP contribution in [0.5, 0.6) is 0 Å². The van der Waals surface area contributed by atoms with Crippen molar-refractivity contribution in [3.05, 3.63) is 59.9 Å². The van der Waals surface area contributed by atoms with Crippen LogP contribution in [0, 0.1) is 5.82 Å². The number of para-hydroxylation sites is 1. The maximum absolute atomic E-state index is 13.0. The molecule has 0 heterocycles. The summed E-state index contributed by atoms with van der Waals surface area (Å²) < 4.78 is 44.4. The predicted octanol–water partition coefficient (Wildman–Crippen LogP) is 2.83. The Kier molecular flexibility index (Phi) is 5.00. The molecule has 0 aliphatic rings. The van der Waals surface area contributed by atoms with Crippen LogP contribution in [0.15, 0.2) is 53.4 Å². The van der Waals surface area contributed by atoms with Gasteiger partial charge in [-0.2, -0.15) is 0 Å². The van der Waals surface area contributed by atoms with Crippen LogP contribution < -0.4 is 4.31 Å². The number of esters is 1. The number of carbonyl (C=O) groups excluding carboxylic acids is 1. The van der Waals surface area contributed by atoms with Gasteiger partial charge in [0.15, 0.2) is 0 Å². The van der Waals surface area contributed by atoms with E-state index in [9.17, 15) is 17.6 Å². The number of sulfonamides is 1. The Morgan fingerprint density at radius 2 is 1.74 bits per heavy atom. The van der Waals surface area contributed by atoms with Crippen LogP contribution in [0.3, 0.4) is 0 Å². The van der Waals surface area contributed by atoms with E-state index in [4.69, 9.17) is 4.74 Å². The highest BCUT2D eigenvalue weighted by molar-refractivity contribution is 7.92. The molecule has 0 aliphatic carbocycles. The molecule has 0 bridgehead atoms. The number of hydrogen-bond donors (Lipinski definition) is 0. The van der Waals surface area contributed by atoms with E-state index in [1.807, 2.05) is 0 Å². The highest BCUT2D eigenvalue weighted by Crippen LogP contribution is 2.27. The Labute approximate surface area is 134 Å². The van der Waals surface area contributed by atoms with E-state index in [0.717, 1.165) is 16.4 Å². The molecule has 0 fully saturated rings. The van der Waals surface area contributed by atoms with Crippen molar-refractivity contribution in [1.29, 1.82) is 0 Å². The molecule has 0 saturated heterocycles. The molecule has 7 heteroatoms. The van der Waals surface area contributed by atoms with E-state index in [2.05, 4.69) is 0 Å². The molecule has 23 heavy (non-hydrogen) atoms. The van der Waals surface area contributed by atoms with Gasteiger partial charge in [0, 0.05) is 6.54 Å². The van der Waals surface area contributed by atoms with Gasteiger partial charge in [-0.25, -0.2) is 17.6 Å². The largest absolute Gasteiger partial charge is 0.465 e. The third kappa shape index (κ3) is 3.34. The maximum Gasteiger partial charge on any atom is 0.340 e. The summed E-state index contributed by atoms with van der Waals surface area (Å²) in [5.41, 5.74) is 0.355. The van der Waals surface area contributed by atoms with Gasteiger partial charge in [0.25, 0.3) is 10.0 Å². The minimum absolute atomic E-state index is 0.0552. The SMILES string of the molecule is CCN(c1ccccc1C(=O)OC)S(=O)(=O)c1ccc(F)cc1. The van der Waals surface area contributed by atoms with Gasteiger partial charge in [-0.1, -0.05) is 12.1 Å². The van der Waals surface area contributed by atoms with Gasteiger partial charge >= 0.3 is 5.97 Å². The summed E-state index contributed by atoms with van der Waals surface area (Å²) >= 11 is 0. The van der Waals surface area contributed by atoms with E-state index in [1.54, 1.807) is 19.1 Å². The first kappa shape index (κ1) is 17.0. The molecule has 0 N–H and O–H groups in total. The van der Waals surface area contributed by atoms with Crippen molar-refractivity contribution in [1.82, 2.24) is 0 Å². The molecule has 2 rings (SSSR count).